The lowest BCUT2D eigenvalue weighted by Crippen LogP contribution is -2.49. The number of thiophene rings is 1. The second-order valence-corrected chi connectivity index (χ2v) is 20.7. The molecule has 3 unspecified atom stereocenters. The van der Waals surface area contributed by atoms with Crippen molar-refractivity contribution in [3.05, 3.63) is 99.4 Å². The van der Waals surface area contributed by atoms with Crippen LogP contribution < -0.4 is 30.5 Å². The number of hydrogen-bond donors (Lipinski definition) is 3. The van der Waals surface area contributed by atoms with Gasteiger partial charge in [0, 0.05) is 73.4 Å². The monoisotopic (exact) mass is 961 g/mol. The third-order valence-electron chi connectivity index (χ3n) is 13.5. The van der Waals surface area contributed by atoms with Crippen molar-refractivity contribution >= 4 is 98.5 Å². The van der Waals surface area contributed by atoms with Crippen LogP contribution in [0.5, 0.6) is 5.75 Å². The van der Waals surface area contributed by atoms with Gasteiger partial charge in [0.15, 0.2) is 23.9 Å². The Morgan fingerprint density at radius 3 is 2.61 bits per heavy atom. The maximum absolute atomic E-state index is 12.9. The summed E-state index contributed by atoms with van der Waals surface area (Å²) in [5, 5.41) is 11.4. The molecule has 0 spiro atoms. The summed E-state index contributed by atoms with van der Waals surface area (Å²) in [6, 6.07) is 25.1. The molecule has 0 aliphatic carbocycles. The molecule has 3 aliphatic rings. The number of piperidine rings is 2. The molecule has 13 nitrogen and oxygen atoms in total. The summed E-state index contributed by atoms with van der Waals surface area (Å²) < 4.78 is 14.5. The number of ether oxygens (including phenoxy) is 1. The van der Waals surface area contributed by atoms with E-state index in [4.69, 9.17) is 25.7 Å². The van der Waals surface area contributed by atoms with Crippen LogP contribution >= 0.6 is 34.9 Å². The number of carbonyl (C=O) groups is 4. The third kappa shape index (κ3) is 9.35. The molecule has 3 atom stereocenters. The smallest absolute Gasteiger partial charge is 0.298 e. The lowest BCUT2D eigenvalue weighted by molar-refractivity contribution is -0.122. The van der Waals surface area contributed by atoms with Gasteiger partial charge in [0.25, 0.3) is 11.9 Å². The maximum atomic E-state index is 12.9. The number of nitrogens with zero attached hydrogens (tertiary/aromatic N) is 4. The number of fused-ring (bicyclic) bond motifs is 3. The molecular weight excluding hydrogens is 906 g/mol. The van der Waals surface area contributed by atoms with Gasteiger partial charge < -0.3 is 34.9 Å². The van der Waals surface area contributed by atoms with E-state index in [0.717, 1.165) is 107 Å². The molecule has 350 valence electrons. The highest BCUT2D eigenvalue weighted by atomic mass is 35.5. The van der Waals surface area contributed by atoms with Gasteiger partial charge in [-0.25, -0.2) is 4.31 Å². The van der Waals surface area contributed by atoms with Crippen molar-refractivity contribution in [3.8, 4) is 16.2 Å². The highest BCUT2D eigenvalue weighted by Crippen LogP contribution is 2.48. The molecule has 6 aromatic rings. The van der Waals surface area contributed by atoms with Crippen LogP contribution in [0.3, 0.4) is 0 Å². The highest BCUT2D eigenvalue weighted by Gasteiger charge is 2.36. The Morgan fingerprint density at radius 2 is 1.87 bits per heavy atom. The molecule has 2 amide bonds. The molecule has 0 bridgehead atoms. The van der Waals surface area contributed by atoms with Gasteiger partial charge in [-0.2, -0.15) is 4.98 Å². The summed E-state index contributed by atoms with van der Waals surface area (Å²) in [4.78, 5) is 59.6. The number of amides is 2. The summed E-state index contributed by atoms with van der Waals surface area (Å²) in [5.74, 6) is 0.951. The van der Waals surface area contributed by atoms with Crippen LogP contribution in [0.25, 0.3) is 32.3 Å². The number of aldehydes is 2. The van der Waals surface area contributed by atoms with Gasteiger partial charge in [-0.15, -0.1) is 11.3 Å². The number of benzene rings is 4. The Balaban J connectivity index is 0.812. The topological polar surface area (TPSA) is 149 Å². The lowest BCUT2D eigenvalue weighted by Gasteiger charge is -2.45. The largest absolute Gasteiger partial charge is 0.460 e. The SMILES string of the molecule is CCCC(C(=O)NC)N(C)c1ccc(C2CCN(c3nc4cc(CSN5CCC(Nc6cccc(-c7sc8c(c7Cl)OC(C=O)NC8=O)c6)CC5(C)C)ccc4o3)CC2)c2cccc(C=O)c12. The molecule has 9 rings (SSSR count). The molecule has 0 radical (unpaired) electrons. The summed E-state index contributed by atoms with van der Waals surface area (Å²) in [7, 11) is 3.62. The summed E-state index contributed by atoms with van der Waals surface area (Å²) in [6.45, 7) is 9.17. The molecule has 3 aliphatic heterocycles. The number of carbonyl (C=O) groups excluding carboxylic acids is 4. The van der Waals surface area contributed by atoms with E-state index in [9.17, 15) is 19.2 Å². The van der Waals surface area contributed by atoms with Crippen LogP contribution in [0, 0.1) is 0 Å². The van der Waals surface area contributed by atoms with E-state index in [1.54, 1.807) is 7.05 Å². The predicted molar refractivity (Wildman–Crippen MR) is 270 cm³/mol. The fourth-order valence-corrected chi connectivity index (χ4v) is 12.6. The maximum Gasteiger partial charge on any atom is 0.298 e. The molecule has 2 aromatic heterocycles. The van der Waals surface area contributed by atoms with Crippen molar-refractivity contribution in [2.75, 3.05) is 48.8 Å². The molecule has 2 saturated heterocycles. The number of rotatable bonds is 15. The van der Waals surface area contributed by atoms with Crippen LogP contribution in [0.4, 0.5) is 17.4 Å². The molecule has 3 N–H and O–H groups in total. The average molecular weight is 963 g/mol. The number of hydrogen-bond acceptors (Lipinski definition) is 13. The first-order valence-corrected chi connectivity index (χ1v) is 25.2. The fraction of sp³-hybridized carbons (Fsp3) is 0.392. The Morgan fingerprint density at radius 1 is 1.06 bits per heavy atom. The van der Waals surface area contributed by atoms with Crippen molar-refractivity contribution in [2.24, 2.45) is 0 Å². The van der Waals surface area contributed by atoms with Gasteiger partial charge in [-0.1, -0.05) is 79.4 Å². The summed E-state index contributed by atoms with van der Waals surface area (Å²) in [6.07, 6.45) is 5.72. The van der Waals surface area contributed by atoms with E-state index >= 15 is 0 Å². The number of oxazole rings is 1. The van der Waals surface area contributed by atoms with Crippen molar-refractivity contribution in [1.29, 1.82) is 0 Å². The Hall–Kier alpha value is -5.61. The van der Waals surface area contributed by atoms with Crippen molar-refractivity contribution in [2.45, 2.75) is 94.8 Å². The van der Waals surface area contributed by atoms with Gasteiger partial charge in [-0.05, 0) is 104 Å². The Kier molecular flexibility index (Phi) is 13.6. The minimum Gasteiger partial charge on any atom is -0.460 e. The number of halogens is 1. The Labute approximate surface area is 404 Å². The second-order valence-electron chi connectivity index (χ2n) is 18.3. The molecule has 5 heterocycles. The van der Waals surface area contributed by atoms with E-state index in [1.807, 2.05) is 66.4 Å². The zero-order valence-corrected chi connectivity index (χ0v) is 40.8. The molecule has 67 heavy (non-hydrogen) atoms. The van der Waals surface area contributed by atoms with Crippen molar-refractivity contribution in [3.63, 3.8) is 0 Å². The number of anilines is 3. The quantitative estimate of drug-likeness (QED) is 0.0664. The normalized spacial score (nSPS) is 19.1. The summed E-state index contributed by atoms with van der Waals surface area (Å²) >= 11 is 9.81. The predicted octanol–water partition coefficient (Wildman–Crippen LogP) is 10.1. The van der Waals surface area contributed by atoms with Gasteiger partial charge in [0.05, 0.1) is 4.88 Å². The van der Waals surface area contributed by atoms with Crippen LogP contribution in [0.1, 0.15) is 96.4 Å². The van der Waals surface area contributed by atoms with E-state index < -0.39 is 6.23 Å². The standard InChI is InChI=1S/C51H56ClN7O6S2/c1-6-9-40(48(62)53-4)57(5)39-16-15-36(37-13-8-11-33(27-60)43(37)39)31-18-21-58(22-19-31)50-55-38-24-30(14-17-41(38)64-50)29-66-59-23-20-35(26-51(59,2)3)54-34-12-7-10-32(25-34)46-44(52)45-47(67-46)49(63)56-42(28-61)65-45/h7-8,10-17,24-25,27-28,31,35,40,42,54H,6,9,18-23,26,29H2,1-5H3,(H,53,62)(H,56,63). The van der Waals surface area contributed by atoms with E-state index in [1.165, 1.54) is 22.5 Å². The highest BCUT2D eigenvalue weighted by molar-refractivity contribution is 7.96. The van der Waals surface area contributed by atoms with Crippen molar-refractivity contribution < 1.29 is 28.3 Å². The van der Waals surface area contributed by atoms with Crippen molar-refractivity contribution in [1.82, 2.24) is 19.9 Å². The first-order chi connectivity index (χ1) is 32.4. The Bertz CT molecular complexity index is 2840. The third-order valence-corrected chi connectivity index (χ3v) is 16.6. The van der Waals surface area contributed by atoms with Gasteiger partial charge in [-0.3, -0.25) is 19.2 Å². The molecule has 0 saturated carbocycles. The van der Waals surface area contributed by atoms with Gasteiger partial charge in [0.2, 0.25) is 12.1 Å². The fourth-order valence-electron chi connectivity index (χ4n) is 10.00. The first kappa shape index (κ1) is 46.5. The van der Waals surface area contributed by atoms with E-state index in [2.05, 4.69) is 76.3 Å². The van der Waals surface area contributed by atoms with Crippen LogP contribution in [-0.4, -0.2) is 91.3 Å². The minimum atomic E-state index is -1.05. The summed E-state index contributed by atoms with van der Waals surface area (Å²) in [5.41, 5.74) is 7.33. The molecule has 4 aromatic carbocycles. The number of nitrogens with one attached hydrogen (secondary N) is 3. The van der Waals surface area contributed by atoms with E-state index in [-0.39, 0.29) is 35.2 Å². The zero-order chi connectivity index (χ0) is 47.0. The van der Waals surface area contributed by atoms with Crippen LogP contribution in [-0.2, 0) is 15.3 Å². The van der Waals surface area contributed by atoms with E-state index in [0.29, 0.717) is 40.1 Å². The second kappa shape index (κ2) is 19.5. The average Bonchev–Trinajstić information content (AvgIpc) is 3.92. The number of likely N-dealkylation sites (N-methyl/N-ethyl adjacent to an activating group) is 2. The molecule has 2 fully saturated rings. The minimum absolute atomic E-state index is 0.0351. The zero-order valence-electron chi connectivity index (χ0n) is 38.4. The number of aromatic nitrogens is 1. The van der Waals surface area contributed by atoms with Crippen LogP contribution in [0.2, 0.25) is 5.02 Å². The van der Waals surface area contributed by atoms with Gasteiger partial charge >= 0.3 is 0 Å². The van der Waals surface area contributed by atoms with Gasteiger partial charge in [0.1, 0.15) is 21.5 Å². The molecular formula is C51H56ClN7O6S2. The molecule has 16 heteroatoms. The lowest BCUT2D eigenvalue weighted by atomic mass is 9.85. The van der Waals surface area contributed by atoms with Crippen LogP contribution in [0.15, 0.2) is 77.2 Å². The first-order valence-electron chi connectivity index (χ1n) is 23.0.